The lowest BCUT2D eigenvalue weighted by Gasteiger charge is -2.44. The first kappa shape index (κ1) is 25.3. The minimum Gasteiger partial charge on any atom is -0.407 e. The predicted molar refractivity (Wildman–Crippen MR) is 140 cm³/mol. The zero-order valence-electron chi connectivity index (χ0n) is 20.9. The number of aliphatic hydroxyl groups excluding tert-OH is 1. The summed E-state index contributed by atoms with van der Waals surface area (Å²) in [7, 11) is -2.68. The van der Waals surface area contributed by atoms with E-state index >= 15 is 0 Å². The van der Waals surface area contributed by atoms with Gasteiger partial charge in [-0.15, -0.1) is 6.58 Å². The van der Waals surface area contributed by atoms with E-state index in [0.29, 0.717) is 13.2 Å². The second-order valence-electron chi connectivity index (χ2n) is 10.8. The Hall–Kier alpha value is -1.76. The van der Waals surface area contributed by atoms with Crippen LogP contribution in [0.2, 0.25) is 5.04 Å². The Bertz CT molecular complexity index is 879. The standard InChI is InChI=1S/C29H40O4Si/c1-5-23(27(30)26-22-31-29(33-26)19-13-8-14-20-29)21-32-34(28(2,3)4,24-15-9-6-10-16-24)25-17-11-7-12-18-25/h5-7,9-12,15-18,23,26-27,30H,1,8,13-14,19-22H2,2-4H3/t23-,26+,27+/m0/s1. The molecule has 1 aliphatic carbocycles. The Labute approximate surface area is 206 Å². The van der Waals surface area contributed by atoms with E-state index in [1.54, 1.807) is 0 Å². The first-order valence-corrected chi connectivity index (χ1v) is 14.6. The highest BCUT2D eigenvalue weighted by Gasteiger charge is 2.51. The lowest BCUT2D eigenvalue weighted by molar-refractivity contribution is -0.197. The van der Waals surface area contributed by atoms with Gasteiger partial charge in [-0.25, -0.2) is 0 Å². The van der Waals surface area contributed by atoms with E-state index in [4.69, 9.17) is 13.9 Å². The minimum absolute atomic E-state index is 0.120. The Morgan fingerprint density at radius 3 is 2.09 bits per heavy atom. The molecule has 4 rings (SSSR count). The molecule has 184 valence electrons. The number of benzene rings is 2. The molecule has 1 N–H and O–H groups in total. The molecule has 0 radical (unpaired) electrons. The number of hydrogen-bond acceptors (Lipinski definition) is 4. The van der Waals surface area contributed by atoms with Crippen LogP contribution in [-0.4, -0.2) is 44.6 Å². The molecule has 1 saturated carbocycles. The average molecular weight is 481 g/mol. The largest absolute Gasteiger partial charge is 0.407 e. The molecule has 1 saturated heterocycles. The summed E-state index contributed by atoms with van der Waals surface area (Å²) in [5.41, 5.74) is 0. The molecule has 34 heavy (non-hydrogen) atoms. The summed E-state index contributed by atoms with van der Waals surface area (Å²) in [6, 6.07) is 21.2. The van der Waals surface area contributed by atoms with Gasteiger partial charge in [-0.05, 0) is 28.3 Å². The van der Waals surface area contributed by atoms with Crippen molar-refractivity contribution in [3.63, 3.8) is 0 Å². The van der Waals surface area contributed by atoms with Crippen LogP contribution in [0.3, 0.4) is 0 Å². The predicted octanol–water partition coefficient (Wildman–Crippen LogP) is 4.80. The van der Waals surface area contributed by atoms with Crippen LogP contribution in [0.4, 0.5) is 0 Å². The molecule has 5 heteroatoms. The van der Waals surface area contributed by atoms with E-state index in [1.807, 2.05) is 18.2 Å². The van der Waals surface area contributed by atoms with Gasteiger partial charge in [0, 0.05) is 25.4 Å². The van der Waals surface area contributed by atoms with Crippen molar-refractivity contribution in [2.45, 2.75) is 75.9 Å². The van der Waals surface area contributed by atoms with Crippen LogP contribution >= 0.6 is 0 Å². The molecule has 0 bridgehead atoms. The summed E-state index contributed by atoms with van der Waals surface area (Å²) in [4.78, 5) is 0. The zero-order valence-corrected chi connectivity index (χ0v) is 21.9. The van der Waals surface area contributed by atoms with E-state index in [1.165, 1.54) is 16.8 Å². The molecule has 0 unspecified atom stereocenters. The number of rotatable bonds is 8. The smallest absolute Gasteiger partial charge is 0.261 e. The van der Waals surface area contributed by atoms with Crippen molar-refractivity contribution in [1.82, 2.24) is 0 Å². The highest BCUT2D eigenvalue weighted by molar-refractivity contribution is 6.99. The van der Waals surface area contributed by atoms with Crippen molar-refractivity contribution in [3.8, 4) is 0 Å². The molecule has 2 fully saturated rings. The number of aliphatic hydroxyl groups is 1. The molecule has 0 aromatic heterocycles. The summed E-state index contributed by atoms with van der Waals surface area (Å²) in [5.74, 6) is -0.761. The maximum Gasteiger partial charge on any atom is 0.261 e. The molecular formula is C29H40O4Si. The van der Waals surface area contributed by atoms with Crippen LogP contribution in [0.5, 0.6) is 0 Å². The van der Waals surface area contributed by atoms with Gasteiger partial charge in [-0.3, -0.25) is 0 Å². The van der Waals surface area contributed by atoms with Crippen LogP contribution in [0.1, 0.15) is 52.9 Å². The van der Waals surface area contributed by atoms with Gasteiger partial charge in [0.1, 0.15) is 6.10 Å². The third kappa shape index (κ3) is 4.95. The third-order valence-corrected chi connectivity index (χ3v) is 12.5. The monoisotopic (exact) mass is 480 g/mol. The average Bonchev–Trinajstić information content (AvgIpc) is 3.25. The summed E-state index contributed by atoms with van der Waals surface area (Å²) in [5, 5.41) is 13.7. The molecule has 2 aromatic carbocycles. The van der Waals surface area contributed by atoms with E-state index in [9.17, 15) is 5.11 Å². The lowest BCUT2D eigenvalue weighted by atomic mass is 9.94. The third-order valence-electron chi connectivity index (χ3n) is 7.52. The Morgan fingerprint density at radius 1 is 1.03 bits per heavy atom. The molecule has 2 aromatic rings. The first-order valence-electron chi connectivity index (χ1n) is 12.7. The van der Waals surface area contributed by atoms with Crippen molar-refractivity contribution in [1.29, 1.82) is 0 Å². The molecule has 2 aliphatic rings. The second kappa shape index (κ2) is 10.5. The van der Waals surface area contributed by atoms with Gasteiger partial charge in [-0.1, -0.05) is 93.9 Å². The maximum atomic E-state index is 11.3. The molecule has 4 nitrogen and oxygen atoms in total. The summed E-state index contributed by atoms with van der Waals surface area (Å²) < 4.78 is 19.5. The Balaban J connectivity index is 1.58. The Morgan fingerprint density at radius 2 is 1.59 bits per heavy atom. The number of hydrogen-bond donors (Lipinski definition) is 1. The zero-order chi connectivity index (χ0) is 24.2. The van der Waals surface area contributed by atoms with E-state index in [0.717, 1.165) is 25.7 Å². The highest BCUT2D eigenvalue weighted by atomic mass is 28.4. The van der Waals surface area contributed by atoms with Crippen molar-refractivity contribution < 1.29 is 19.0 Å². The molecule has 1 heterocycles. The molecular weight excluding hydrogens is 440 g/mol. The van der Waals surface area contributed by atoms with Gasteiger partial charge in [0.15, 0.2) is 5.79 Å². The van der Waals surface area contributed by atoms with Crippen LogP contribution in [-0.2, 0) is 13.9 Å². The summed E-state index contributed by atoms with van der Waals surface area (Å²) >= 11 is 0. The number of ether oxygens (including phenoxy) is 2. The van der Waals surface area contributed by atoms with Crippen LogP contribution < -0.4 is 10.4 Å². The quantitative estimate of drug-likeness (QED) is 0.435. The normalized spacial score (nSPS) is 22.4. The van der Waals surface area contributed by atoms with Gasteiger partial charge in [-0.2, -0.15) is 0 Å². The fourth-order valence-corrected chi connectivity index (χ4v) is 10.3. The van der Waals surface area contributed by atoms with Gasteiger partial charge in [0.2, 0.25) is 0 Å². The fraction of sp³-hybridized carbons (Fsp3) is 0.517. The fourth-order valence-electron chi connectivity index (χ4n) is 5.66. The van der Waals surface area contributed by atoms with E-state index in [2.05, 4.69) is 75.9 Å². The van der Waals surface area contributed by atoms with Crippen LogP contribution in [0, 0.1) is 5.92 Å². The van der Waals surface area contributed by atoms with E-state index in [-0.39, 0.29) is 17.1 Å². The summed E-state index contributed by atoms with van der Waals surface area (Å²) in [6.45, 7) is 11.6. The van der Waals surface area contributed by atoms with Gasteiger partial charge in [0.25, 0.3) is 8.32 Å². The van der Waals surface area contributed by atoms with Gasteiger partial charge in [0.05, 0.1) is 12.7 Å². The van der Waals surface area contributed by atoms with Crippen molar-refractivity contribution in [3.05, 3.63) is 73.3 Å². The molecule has 3 atom stereocenters. The molecule has 1 aliphatic heterocycles. The second-order valence-corrected chi connectivity index (χ2v) is 15.1. The van der Waals surface area contributed by atoms with Gasteiger partial charge >= 0.3 is 0 Å². The van der Waals surface area contributed by atoms with Crippen LogP contribution in [0.25, 0.3) is 0 Å². The maximum absolute atomic E-state index is 11.3. The summed E-state index contributed by atoms with van der Waals surface area (Å²) in [6.07, 6.45) is 6.01. The molecule has 1 spiro atoms. The Kier molecular flexibility index (Phi) is 7.80. The van der Waals surface area contributed by atoms with Gasteiger partial charge < -0.3 is 19.0 Å². The first-order chi connectivity index (χ1) is 16.3. The topological polar surface area (TPSA) is 47.9 Å². The van der Waals surface area contributed by atoms with Crippen molar-refractivity contribution in [2.75, 3.05) is 13.2 Å². The minimum atomic E-state index is -2.68. The molecule has 0 amide bonds. The van der Waals surface area contributed by atoms with Crippen LogP contribution in [0.15, 0.2) is 73.3 Å². The van der Waals surface area contributed by atoms with Crippen molar-refractivity contribution >= 4 is 18.7 Å². The SMILES string of the molecule is C=C[C@@H](CO[Si](c1ccccc1)(c1ccccc1)C(C)(C)C)[C@@H](O)[C@H]1COC2(CCCCC2)O1. The van der Waals surface area contributed by atoms with E-state index < -0.39 is 20.2 Å². The van der Waals surface area contributed by atoms with Crippen molar-refractivity contribution in [2.24, 2.45) is 5.92 Å². The lowest BCUT2D eigenvalue weighted by Crippen LogP contribution is -2.67. The highest BCUT2D eigenvalue weighted by Crippen LogP contribution is 2.40.